The summed E-state index contributed by atoms with van der Waals surface area (Å²) < 4.78 is 18.0. The first-order valence-electron chi connectivity index (χ1n) is 6.68. The molecule has 1 heterocycles. The molecule has 0 bridgehead atoms. The molecule has 0 unspecified atom stereocenters. The molecule has 0 N–H and O–H groups in total. The van der Waals surface area contributed by atoms with Crippen LogP contribution >= 0.6 is 7.14 Å². The maximum absolute atomic E-state index is 12.8. The molecule has 1 aromatic heterocycles. The van der Waals surface area contributed by atoms with Crippen LogP contribution in [0.3, 0.4) is 0 Å². The molecule has 3 nitrogen and oxygen atoms in total. The topological polar surface area (TPSA) is 39.2 Å². The molecule has 0 radical (unpaired) electrons. The van der Waals surface area contributed by atoms with E-state index in [-0.39, 0.29) is 5.41 Å². The van der Waals surface area contributed by atoms with Crippen molar-refractivity contribution in [2.45, 2.75) is 26.2 Å². The number of rotatable bonds is 2. The normalized spacial score (nSPS) is 12.7. The molecule has 2 aromatic rings. The third-order valence-electron chi connectivity index (χ3n) is 3.37. The average Bonchev–Trinajstić information content (AvgIpc) is 2.34. The Morgan fingerprint density at radius 2 is 1.75 bits per heavy atom. The lowest BCUT2D eigenvalue weighted by Gasteiger charge is -2.26. The molecule has 0 aliphatic rings. The number of methoxy groups -OCH3 is 1. The fourth-order valence-electron chi connectivity index (χ4n) is 2.47. The molecular formula is C16H22NO2P. The lowest BCUT2D eigenvalue weighted by Crippen LogP contribution is -2.23. The van der Waals surface area contributed by atoms with E-state index in [2.05, 4.69) is 25.8 Å². The maximum Gasteiger partial charge on any atom is 0.213 e. The third-order valence-corrected chi connectivity index (χ3v) is 4.93. The minimum absolute atomic E-state index is 0.0505. The number of hydrogen-bond donors (Lipinski definition) is 0. The van der Waals surface area contributed by atoms with Crippen molar-refractivity contribution in [2.24, 2.45) is 0 Å². The largest absolute Gasteiger partial charge is 0.481 e. The van der Waals surface area contributed by atoms with E-state index in [0.29, 0.717) is 5.88 Å². The Kier molecular flexibility index (Phi) is 3.68. The third kappa shape index (κ3) is 2.73. The van der Waals surface area contributed by atoms with Crippen molar-refractivity contribution in [1.29, 1.82) is 0 Å². The smallest absolute Gasteiger partial charge is 0.213 e. The summed E-state index contributed by atoms with van der Waals surface area (Å²) in [5, 5.41) is 1.91. The van der Waals surface area contributed by atoms with Gasteiger partial charge in [0, 0.05) is 16.8 Å². The second kappa shape index (κ2) is 4.89. The quantitative estimate of drug-likeness (QED) is 0.790. The molecule has 4 heteroatoms. The van der Waals surface area contributed by atoms with E-state index >= 15 is 0 Å². The number of fused-ring (bicyclic) bond motifs is 1. The molecular weight excluding hydrogens is 269 g/mol. The first kappa shape index (κ1) is 15.1. The Bertz CT molecular complexity index is 695. The summed E-state index contributed by atoms with van der Waals surface area (Å²) >= 11 is 0. The monoisotopic (exact) mass is 291 g/mol. The van der Waals surface area contributed by atoms with Gasteiger partial charge in [-0.25, -0.2) is 4.98 Å². The molecule has 0 fully saturated rings. The molecule has 0 saturated heterocycles. The van der Waals surface area contributed by atoms with Gasteiger partial charge < -0.3 is 9.30 Å². The summed E-state index contributed by atoms with van der Waals surface area (Å²) in [5.74, 6) is 0.578. The molecule has 0 atom stereocenters. The zero-order valence-electron chi connectivity index (χ0n) is 13.0. The summed E-state index contributed by atoms with van der Waals surface area (Å²) in [5.41, 5.74) is 1.91. The van der Waals surface area contributed by atoms with Gasteiger partial charge in [0.05, 0.1) is 12.6 Å². The van der Waals surface area contributed by atoms with Crippen molar-refractivity contribution in [2.75, 3.05) is 20.4 Å². The van der Waals surface area contributed by atoms with Gasteiger partial charge in [0.1, 0.15) is 7.14 Å². The zero-order chi connectivity index (χ0) is 15.1. The van der Waals surface area contributed by atoms with E-state index in [1.165, 1.54) is 0 Å². The van der Waals surface area contributed by atoms with E-state index in [1.54, 1.807) is 7.11 Å². The van der Waals surface area contributed by atoms with Gasteiger partial charge in [0.25, 0.3) is 0 Å². The SMILES string of the molecule is COc1ccc2c(P(C)(C)=O)c(C(C)(C)C)ccc2n1. The van der Waals surface area contributed by atoms with Gasteiger partial charge in [0.2, 0.25) is 5.88 Å². The van der Waals surface area contributed by atoms with Crippen LogP contribution in [-0.2, 0) is 9.98 Å². The molecule has 0 spiro atoms. The first-order valence-corrected chi connectivity index (χ1v) is 9.28. The lowest BCUT2D eigenvalue weighted by atomic mass is 9.86. The molecule has 0 aliphatic heterocycles. The Balaban J connectivity index is 2.89. The number of pyridine rings is 1. The highest BCUT2D eigenvalue weighted by Gasteiger charge is 2.26. The van der Waals surface area contributed by atoms with Crippen LogP contribution in [0.1, 0.15) is 26.3 Å². The summed E-state index contributed by atoms with van der Waals surface area (Å²) in [6, 6.07) is 7.82. The first-order chi connectivity index (χ1) is 9.14. The summed E-state index contributed by atoms with van der Waals surface area (Å²) in [6.07, 6.45) is 0. The van der Waals surface area contributed by atoms with Crippen molar-refractivity contribution in [3.05, 3.63) is 29.8 Å². The van der Waals surface area contributed by atoms with Crippen LogP contribution in [0.4, 0.5) is 0 Å². The van der Waals surface area contributed by atoms with Crippen molar-refractivity contribution in [3.63, 3.8) is 0 Å². The van der Waals surface area contributed by atoms with E-state index in [4.69, 9.17) is 4.74 Å². The van der Waals surface area contributed by atoms with Gasteiger partial charge in [-0.1, -0.05) is 26.8 Å². The molecule has 20 heavy (non-hydrogen) atoms. The number of aromatic nitrogens is 1. The van der Waals surface area contributed by atoms with Crippen molar-refractivity contribution < 1.29 is 9.30 Å². The van der Waals surface area contributed by atoms with E-state index < -0.39 is 7.14 Å². The van der Waals surface area contributed by atoms with Gasteiger partial charge >= 0.3 is 0 Å². The predicted octanol–water partition coefficient (Wildman–Crippen LogP) is 3.79. The van der Waals surface area contributed by atoms with E-state index in [9.17, 15) is 4.57 Å². The van der Waals surface area contributed by atoms with Gasteiger partial charge in [-0.3, -0.25) is 0 Å². The Morgan fingerprint density at radius 1 is 1.10 bits per heavy atom. The summed E-state index contributed by atoms with van der Waals surface area (Å²) in [6.45, 7) is 10.1. The summed E-state index contributed by atoms with van der Waals surface area (Å²) in [7, 11) is -0.802. The number of benzene rings is 1. The van der Waals surface area contributed by atoms with Crippen LogP contribution in [0, 0.1) is 0 Å². The van der Waals surface area contributed by atoms with Crippen LogP contribution in [-0.4, -0.2) is 25.4 Å². The fraction of sp³-hybridized carbons (Fsp3) is 0.438. The van der Waals surface area contributed by atoms with Crippen molar-refractivity contribution in [1.82, 2.24) is 4.98 Å². The van der Waals surface area contributed by atoms with Gasteiger partial charge in [0.15, 0.2) is 0 Å². The maximum atomic E-state index is 12.8. The zero-order valence-corrected chi connectivity index (χ0v) is 13.9. The van der Waals surface area contributed by atoms with Crippen LogP contribution in [0.15, 0.2) is 24.3 Å². The fourth-order valence-corrected chi connectivity index (χ4v) is 4.23. The van der Waals surface area contributed by atoms with Gasteiger partial charge in [-0.15, -0.1) is 0 Å². The molecule has 0 saturated carbocycles. The Hall–Kier alpha value is -1.34. The van der Waals surface area contributed by atoms with Crippen LogP contribution in [0.2, 0.25) is 0 Å². The average molecular weight is 291 g/mol. The minimum Gasteiger partial charge on any atom is -0.481 e. The van der Waals surface area contributed by atoms with Gasteiger partial charge in [-0.05, 0) is 36.4 Å². The lowest BCUT2D eigenvalue weighted by molar-refractivity contribution is 0.399. The van der Waals surface area contributed by atoms with Crippen LogP contribution < -0.4 is 10.0 Å². The summed E-state index contributed by atoms with van der Waals surface area (Å²) in [4.78, 5) is 4.45. The Morgan fingerprint density at radius 3 is 2.25 bits per heavy atom. The predicted molar refractivity (Wildman–Crippen MR) is 86.1 cm³/mol. The van der Waals surface area contributed by atoms with Gasteiger partial charge in [-0.2, -0.15) is 0 Å². The second-order valence-electron chi connectivity index (χ2n) is 6.48. The number of ether oxygens (including phenoxy) is 1. The number of hydrogen-bond acceptors (Lipinski definition) is 3. The molecule has 1 aromatic carbocycles. The second-order valence-corrected chi connectivity index (χ2v) is 9.63. The van der Waals surface area contributed by atoms with Crippen LogP contribution in [0.25, 0.3) is 10.9 Å². The van der Waals surface area contributed by atoms with E-state index in [1.807, 2.05) is 37.6 Å². The van der Waals surface area contributed by atoms with Crippen LogP contribution in [0.5, 0.6) is 5.88 Å². The highest BCUT2D eigenvalue weighted by Crippen LogP contribution is 2.42. The number of nitrogens with zero attached hydrogens (tertiary/aromatic N) is 1. The van der Waals surface area contributed by atoms with E-state index in [0.717, 1.165) is 21.8 Å². The van der Waals surface area contributed by atoms with Crippen molar-refractivity contribution >= 4 is 23.3 Å². The standard InChI is InChI=1S/C16H22NO2P/c1-16(2,3)12-8-9-13-11(15(12)20(5,6)18)7-10-14(17-13)19-4/h7-10H,1-6H3. The molecule has 108 valence electrons. The molecule has 2 rings (SSSR count). The highest BCUT2D eigenvalue weighted by molar-refractivity contribution is 7.70. The minimum atomic E-state index is -2.40. The molecule has 0 aliphatic carbocycles. The molecule has 0 amide bonds. The Labute approximate surface area is 120 Å². The highest BCUT2D eigenvalue weighted by atomic mass is 31.2. The van der Waals surface area contributed by atoms with Crippen molar-refractivity contribution in [3.8, 4) is 5.88 Å².